The fourth-order valence-corrected chi connectivity index (χ4v) is 2.10. The van der Waals surface area contributed by atoms with Crippen molar-refractivity contribution in [3.63, 3.8) is 0 Å². The Morgan fingerprint density at radius 3 is 2.53 bits per heavy atom. The van der Waals surface area contributed by atoms with E-state index in [4.69, 9.17) is 0 Å². The van der Waals surface area contributed by atoms with Crippen LogP contribution in [0.1, 0.15) is 18.3 Å². The Labute approximate surface area is 110 Å². The number of aliphatic hydroxyl groups is 1. The maximum absolute atomic E-state index is 13.0. The summed E-state index contributed by atoms with van der Waals surface area (Å²) in [7, 11) is 0. The van der Waals surface area contributed by atoms with Crippen LogP contribution in [0.4, 0.5) is 8.78 Å². The van der Waals surface area contributed by atoms with E-state index in [9.17, 15) is 13.9 Å². The van der Waals surface area contributed by atoms with Crippen LogP contribution in [-0.2, 0) is 19.4 Å². The second-order valence-corrected chi connectivity index (χ2v) is 4.47. The largest absolute Gasteiger partial charge is 0.392 e. The van der Waals surface area contributed by atoms with Crippen molar-refractivity contribution in [2.75, 3.05) is 0 Å². The topological polar surface area (TPSA) is 38.0 Å². The van der Waals surface area contributed by atoms with Crippen LogP contribution in [0.3, 0.4) is 0 Å². The number of rotatable bonds is 5. The molecule has 1 heterocycles. The molecule has 0 aliphatic rings. The second kappa shape index (κ2) is 5.93. The van der Waals surface area contributed by atoms with E-state index in [-0.39, 0.29) is 6.42 Å². The van der Waals surface area contributed by atoms with Crippen molar-refractivity contribution in [1.82, 2.24) is 9.55 Å². The lowest BCUT2D eigenvalue weighted by Crippen LogP contribution is -2.17. The summed E-state index contributed by atoms with van der Waals surface area (Å²) in [6, 6.07) is 3.29. The normalized spacial score (nSPS) is 12.6. The van der Waals surface area contributed by atoms with E-state index >= 15 is 0 Å². The SMILES string of the molecule is CCn1ccnc1CC(O)Cc1cc(F)cc(F)c1. The van der Waals surface area contributed by atoms with Crippen LogP contribution >= 0.6 is 0 Å². The number of aliphatic hydroxyl groups excluding tert-OH is 1. The molecule has 0 amide bonds. The third kappa shape index (κ3) is 3.61. The molecule has 0 bridgehead atoms. The molecule has 1 aromatic heterocycles. The van der Waals surface area contributed by atoms with Gasteiger partial charge in [0.2, 0.25) is 0 Å². The van der Waals surface area contributed by atoms with Gasteiger partial charge in [-0.2, -0.15) is 0 Å². The van der Waals surface area contributed by atoms with Crippen LogP contribution in [0, 0.1) is 11.6 Å². The molecule has 1 N–H and O–H groups in total. The van der Waals surface area contributed by atoms with E-state index < -0.39 is 17.7 Å². The van der Waals surface area contributed by atoms with Gasteiger partial charge in [0.25, 0.3) is 0 Å². The number of imidazole rings is 1. The molecule has 0 aliphatic carbocycles. The van der Waals surface area contributed by atoms with Crippen LogP contribution in [0.2, 0.25) is 0 Å². The van der Waals surface area contributed by atoms with Gasteiger partial charge >= 0.3 is 0 Å². The van der Waals surface area contributed by atoms with Gasteiger partial charge in [-0.1, -0.05) is 0 Å². The fraction of sp³-hybridized carbons (Fsp3) is 0.357. The van der Waals surface area contributed by atoms with E-state index in [1.165, 1.54) is 12.1 Å². The summed E-state index contributed by atoms with van der Waals surface area (Å²) in [5.41, 5.74) is 0.444. The molecular weight excluding hydrogens is 250 g/mol. The van der Waals surface area contributed by atoms with Crippen LogP contribution in [0.25, 0.3) is 0 Å². The first-order chi connectivity index (χ1) is 9.08. The Balaban J connectivity index is 2.03. The quantitative estimate of drug-likeness (QED) is 0.902. The predicted molar refractivity (Wildman–Crippen MR) is 67.7 cm³/mol. The van der Waals surface area contributed by atoms with Gasteiger partial charge in [-0.3, -0.25) is 0 Å². The first-order valence-corrected chi connectivity index (χ1v) is 6.21. The lowest BCUT2D eigenvalue weighted by molar-refractivity contribution is 0.171. The lowest BCUT2D eigenvalue weighted by Gasteiger charge is -2.11. The predicted octanol–water partition coefficient (Wildman–Crippen LogP) is 2.33. The minimum Gasteiger partial charge on any atom is -0.392 e. The molecule has 1 aromatic carbocycles. The third-order valence-electron chi connectivity index (χ3n) is 2.95. The molecule has 0 radical (unpaired) electrons. The number of hydrogen-bond acceptors (Lipinski definition) is 2. The Morgan fingerprint density at radius 1 is 1.21 bits per heavy atom. The molecule has 19 heavy (non-hydrogen) atoms. The minimum atomic E-state index is -0.714. The summed E-state index contributed by atoms with van der Waals surface area (Å²) < 4.78 is 28.0. The highest BCUT2D eigenvalue weighted by molar-refractivity contribution is 5.18. The molecule has 0 fully saturated rings. The standard InChI is InChI=1S/C14H16F2N2O/c1-2-18-4-3-17-14(18)9-13(19)7-10-5-11(15)8-12(16)6-10/h3-6,8,13,19H,2,7,9H2,1H3. The Hall–Kier alpha value is -1.75. The molecule has 2 aromatic rings. The highest BCUT2D eigenvalue weighted by atomic mass is 19.1. The van der Waals surface area contributed by atoms with Crippen LogP contribution in [0.5, 0.6) is 0 Å². The molecule has 3 nitrogen and oxygen atoms in total. The highest BCUT2D eigenvalue weighted by Gasteiger charge is 2.12. The summed E-state index contributed by atoms with van der Waals surface area (Å²) in [4.78, 5) is 4.16. The van der Waals surface area contributed by atoms with Crippen molar-refractivity contribution < 1.29 is 13.9 Å². The van der Waals surface area contributed by atoms with Crippen molar-refractivity contribution in [2.45, 2.75) is 32.4 Å². The van der Waals surface area contributed by atoms with Crippen molar-refractivity contribution in [3.8, 4) is 0 Å². The van der Waals surface area contributed by atoms with E-state index in [2.05, 4.69) is 4.98 Å². The van der Waals surface area contributed by atoms with Crippen molar-refractivity contribution in [1.29, 1.82) is 0 Å². The molecule has 0 saturated carbocycles. The van der Waals surface area contributed by atoms with Gasteiger partial charge < -0.3 is 9.67 Å². The van der Waals surface area contributed by atoms with Crippen molar-refractivity contribution >= 4 is 0 Å². The van der Waals surface area contributed by atoms with E-state index in [0.29, 0.717) is 12.0 Å². The number of nitrogens with zero attached hydrogens (tertiary/aromatic N) is 2. The second-order valence-electron chi connectivity index (χ2n) is 4.47. The van der Waals surface area contributed by atoms with Gasteiger partial charge in [0.1, 0.15) is 17.5 Å². The highest BCUT2D eigenvalue weighted by Crippen LogP contribution is 2.12. The Kier molecular flexibility index (Phi) is 4.27. The summed E-state index contributed by atoms with van der Waals surface area (Å²) in [6.07, 6.45) is 3.36. The average molecular weight is 266 g/mol. The first kappa shape index (κ1) is 13.7. The zero-order valence-electron chi connectivity index (χ0n) is 10.7. The lowest BCUT2D eigenvalue weighted by atomic mass is 10.1. The number of halogens is 2. The van der Waals surface area contributed by atoms with Gasteiger partial charge in [0.15, 0.2) is 0 Å². The first-order valence-electron chi connectivity index (χ1n) is 6.21. The molecule has 1 atom stereocenters. The Bertz CT molecular complexity index is 534. The van der Waals surface area contributed by atoms with Gasteiger partial charge in [-0.15, -0.1) is 0 Å². The molecular formula is C14H16F2N2O. The van der Waals surface area contributed by atoms with Crippen LogP contribution in [0.15, 0.2) is 30.6 Å². The smallest absolute Gasteiger partial charge is 0.126 e. The molecule has 102 valence electrons. The van der Waals surface area contributed by atoms with Gasteiger partial charge in [0, 0.05) is 31.4 Å². The zero-order valence-corrected chi connectivity index (χ0v) is 10.7. The molecule has 2 rings (SSSR count). The summed E-state index contributed by atoms with van der Waals surface area (Å²) in [6.45, 7) is 2.76. The Morgan fingerprint density at radius 2 is 1.89 bits per heavy atom. The average Bonchev–Trinajstić information content (AvgIpc) is 2.74. The maximum Gasteiger partial charge on any atom is 0.126 e. The monoisotopic (exact) mass is 266 g/mol. The number of aryl methyl sites for hydroxylation is 1. The fourth-order valence-electron chi connectivity index (χ4n) is 2.10. The summed E-state index contributed by atoms with van der Waals surface area (Å²) in [5.74, 6) is -0.485. The van der Waals surface area contributed by atoms with Gasteiger partial charge in [0.05, 0.1) is 6.10 Å². The van der Waals surface area contributed by atoms with E-state index in [1.54, 1.807) is 6.20 Å². The number of aromatic nitrogens is 2. The van der Waals surface area contributed by atoms with E-state index in [0.717, 1.165) is 18.4 Å². The molecule has 0 aliphatic heterocycles. The molecule has 5 heteroatoms. The van der Waals surface area contributed by atoms with Gasteiger partial charge in [-0.25, -0.2) is 13.8 Å². The summed E-state index contributed by atoms with van der Waals surface area (Å²) in [5, 5.41) is 9.98. The minimum absolute atomic E-state index is 0.200. The molecule has 0 saturated heterocycles. The van der Waals surface area contributed by atoms with Gasteiger partial charge in [-0.05, 0) is 31.0 Å². The summed E-state index contributed by atoms with van der Waals surface area (Å²) >= 11 is 0. The van der Waals surface area contributed by atoms with Crippen molar-refractivity contribution in [2.24, 2.45) is 0 Å². The zero-order chi connectivity index (χ0) is 13.8. The molecule has 0 spiro atoms. The molecule has 1 unspecified atom stereocenters. The third-order valence-corrected chi connectivity index (χ3v) is 2.95. The van der Waals surface area contributed by atoms with Crippen LogP contribution < -0.4 is 0 Å². The number of hydrogen-bond donors (Lipinski definition) is 1. The van der Waals surface area contributed by atoms with Crippen LogP contribution in [-0.4, -0.2) is 20.8 Å². The van der Waals surface area contributed by atoms with E-state index in [1.807, 2.05) is 17.7 Å². The maximum atomic E-state index is 13.0. The number of benzene rings is 1. The van der Waals surface area contributed by atoms with Crippen molar-refractivity contribution in [3.05, 3.63) is 53.6 Å².